The Morgan fingerprint density at radius 2 is 1.46 bits per heavy atom. The Morgan fingerprint density at radius 1 is 0.833 bits per heavy atom. The van der Waals surface area contributed by atoms with E-state index in [1.807, 2.05) is 0 Å². The number of hydrogen-bond acceptors (Lipinski definition) is 3. The molecule has 3 amide bonds. The number of carbonyl (C=O) groups is 3. The van der Waals surface area contributed by atoms with Crippen LogP contribution < -0.4 is 16.0 Å². The molecule has 0 aromatic carbocycles. The van der Waals surface area contributed by atoms with Gasteiger partial charge in [0.2, 0.25) is 5.91 Å². The lowest BCUT2D eigenvalue weighted by Crippen LogP contribution is -2.45. The van der Waals surface area contributed by atoms with Crippen LogP contribution in [0.4, 0.5) is 4.79 Å². The molecule has 2 aliphatic rings. The van der Waals surface area contributed by atoms with Crippen molar-refractivity contribution in [1.82, 2.24) is 16.0 Å². The molecule has 0 aliphatic heterocycles. The highest BCUT2D eigenvalue weighted by molar-refractivity contribution is 5.78. The summed E-state index contributed by atoms with van der Waals surface area (Å²) in [6.45, 7) is 0.314. The van der Waals surface area contributed by atoms with Crippen molar-refractivity contribution in [2.45, 2.75) is 76.3 Å². The second kappa shape index (κ2) is 9.49. The van der Waals surface area contributed by atoms with Gasteiger partial charge in [-0.1, -0.05) is 19.3 Å². The maximum atomic E-state index is 11.8. The lowest BCUT2D eigenvalue weighted by atomic mass is 9.86. The Kier molecular flexibility index (Phi) is 7.34. The van der Waals surface area contributed by atoms with E-state index in [1.165, 1.54) is 19.3 Å². The number of urea groups is 1. The first kappa shape index (κ1) is 18.5. The zero-order chi connectivity index (χ0) is 17.4. The molecule has 24 heavy (non-hydrogen) atoms. The summed E-state index contributed by atoms with van der Waals surface area (Å²) in [5.41, 5.74) is 0. The fraction of sp³-hybridized carbons (Fsp3) is 0.824. The molecule has 0 saturated heterocycles. The molecule has 4 N–H and O–H groups in total. The Labute approximate surface area is 142 Å². The van der Waals surface area contributed by atoms with Crippen molar-refractivity contribution in [1.29, 1.82) is 0 Å². The van der Waals surface area contributed by atoms with Crippen LogP contribution in [0.25, 0.3) is 0 Å². The van der Waals surface area contributed by atoms with Gasteiger partial charge < -0.3 is 21.1 Å². The van der Waals surface area contributed by atoms with Crippen LogP contribution in [0.2, 0.25) is 0 Å². The van der Waals surface area contributed by atoms with Crippen LogP contribution in [0.5, 0.6) is 0 Å². The lowest BCUT2D eigenvalue weighted by Gasteiger charge is -2.26. The van der Waals surface area contributed by atoms with Gasteiger partial charge in [-0.25, -0.2) is 4.79 Å². The highest BCUT2D eigenvalue weighted by Gasteiger charge is 2.26. The second-order valence-electron chi connectivity index (χ2n) is 6.94. The van der Waals surface area contributed by atoms with Gasteiger partial charge in [-0.2, -0.15) is 0 Å². The number of carboxylic acids is 1. The summed E-state index contributed by atoms with van der Waals surface area (Å²) in [6, 6.07) is 0.0420. The molecule has 0 spiro atoms. The van der Waals surface area contributed by atoms with Crippen molar-refractivity contribution in [3.63, 3.8) is 0 Å². The number of aliphatic carboxylic acids is 1. The second-order valence-corrected chi connectivity index (χ2v) is 6.94. The van der Waals surface area contributed by atoms with Crippen molar-refractivity contribution in [3.05, 3.63) is 0 Å². The first-order valence-corrected chi connectivity index (χ1v) is 9.11. The van der Waals surface area contributed by atoms with Gasteiger partial charge in [0, 0.05) is 25.0 Å². The zero-order valence-electron chi connectivity index (χ0n) is 14.2. The normalized spacial score (nSPS) is 24.8. The fourth-order valence-electron chi connectivity index (χ4n) is 3.56. The maximum absolute atomic E-state index is 11.8. The van der Waals surface area contributed by atoms with Gasteiger partial charge in [0.25, 0.3) is 0 Å². The summed E-state index contributed by atoms with van der Waals surface area (Å²) in [6.07, 6.45) is 8.58. The van der Waals surface area contributed by atoms with Crippen molar-refractivity contribution in [2.75, 3.05) is 6.54 Å². The van der Waals surface area contributed by atoms with Gasteiger partial charge in [-0.3, -0.25) is 9.59 Å². The summed E-state index contributed by atoms with van der Waals surface area (Å²) < 4.78 is 0. The molecule has 7 heteroatoms. The number of hydrogen-bond donors (Lipinski definition) is 4. The largest absolute Gasteiger partial charge is 0.481 e. The van der Waals surface area contributed by atoms with E-state index < -0.39 is 5.97 Å². The van der Waals surface area contributed by atoms with E-state index >= 15 is 0 Å². The van der Waals surface area contributed by atoms with Gasteiger partial charge in [0.05, 0.1) is 5.92 Å². The van der Waals surface area contributed by atoms with Crippen LogP contribution >= 0.6 is 0 Å². The van der Waals surface area contributed by atoms with E-state index in [0.717, 1.165) is 12.8 Å². The standard InChI is InChI=1S/C17H29N3O4/c21-15(19-13-4-2-1-3-5-13)10-11-18-17(24)20-14-8-6-12(7-9-14)16(22)23/h12-14H,1-11H2,(H,19,21)(H,22,23)(H2,18,20,24). The molecular weight excluding hydrogens is 310 g/mol. The number of rotatable bonds is 6. The van der Waals surface area contributed by atoms with Crippen LogP contribution in [0, 0.1) is 5.92 Å². The van der Waals surface area contributed by atoms with Gasteiger partial charge in [-0.05, 0) is 38.5 Å². The predicted octanol–water partition coefficient (Wildman–Crippen LogP) is 1.77. The average Bonchev–Trinajstić information content (AvgIpc) is 2.56. The predicted molar refractivity (Wildman–Crippen MR) is 89.5 cm³/mol. The first-order valence-electron chi connectivity index (χ1n) is 9.11. The van der Waals surface area contributed by atoms with Gasteiger partial charge in [-0.15, -0.1) is 0 Å². The number of carboxylic acid groups (broad SMARTS) is 1. The molecule has 136 valence electrons. The summed E-state index contributed by atoms with van der Waals surface area (Å²) in [5, 5.41) is 17.5. The third-order valence-electron chi connectivity index (χ3n) is 5.02. The van der Waals surface area contributed by atoms with E-state index in [2.05, 4.69) is 16.0 Å². The van der Waals surface area contributed by atoms with Gasteiger partial charge >= 0.3 is 12.0 Å². The number of nitrogens with one attached hydrogen (secondary N) is 3. The van der Waals surface area contributed by atoms with E-state index in [0.29, 0.717) is 38.3 Å². The third kappa shape index (κ3) is 6.37. The SMILES string of the molecule is O=C(CCNC(=O)NC1CCC(C(=O)O)CC1)NC1CCCCC1. The molecule has 0 radical (unpaired) electrons. The Bertz CT molecular complexity index is 441. The molecule has 0 aromatic rings. The molecule has 0 atom stereocenters. The van der Waals surface area contributed by atoms with E-state index in [1.54, 1.807) is 0 Å². The highest BCUT2D eigenvalue weighted by atomic mass is 16.4. The molecule has 0 bridgehead atoms. The minimum absolute atomic E-state index is 0.0100. The van der Waals surface area contributed by atoms with E-state index in [4.69, 9.17) is 5.11 Å². The van der Waals surface area contributed by atoms with Crippen LogP contribution in [-0.2, 0) is 9.59 Å². The van der Waals surface area contributed by atoms with Crippen molar-refractivity contribution >= 4 is 17.9 Å². The van der Waals surface area contributed by atoms with Crippen molar-refractivity contribution < 1.29 is 19.5 Å². The topological polar surface area (TPSA) is 108 Å². The van der Waals surface area contributed by atoms with Crippen LogP contribution in [0.15, 0.2) is 0 Å². The monoisotopic (exact) mass is 339 g/mol. The van der Waals surface area contributed by atoms with Gasteiger partial charge in [0.1, 0.15) is 0 Å². The molecule has 0 unspecified atom stereocenters. The summed E-state index contributed by atoms with van der Waals surface area (Å²) >= 11 is 0. The molecule has 2 fully saturated rings. The molecule has 7 nitrogen and oxygen atoms in total. The van der Waals surface area contributed by atoms with Crippen molar-refractivity contribution in [3.8, 4) is 0 Å². The quantitative estimate of drug-likeness (QED) is 0.591. The molecule has 2 aliphatic carbocycles. The highest BCUT2D eigenvalue weighted by Crippen LogP contribution is 2.24. The lowest BCUT2D eigenvalue weighted by molar-refractivity contribution is -0.142. The molecule has 2 saturated carbocycles. The fourth-order valence-corrected chi connectivity index (χ4v) is 3.56. The number of carbonyl (C=O) groups excluding carboxylic acids is 2. The molecule has 0 aromatic heterocycles. The average molecular weight is 339 g/mol. The molecule has 0 heterocycles. The maximum Gasteiger partial charge on any atom is 0.315 e. The zero-order valence-corrected chi connectivity index (χ0v) is 14.2. The van der Waals surface area contributed by atoms with Gasteiger partial charge in [0.15, 0.2) is 0 Å². The number of amides is 3. The van der Waals surface area contributed by atoms with E-state index in [9.17, 15) is 14.4 Å². The Balaban J connectivity index is 1.55. The summed E-state index contributed by atoms with van der Waals surface area (Å²) in [4.78, 5) is 34.6. The molecular formula is C17H29N3O4. The summed E-state index contributed by atoms with van der Waals surface area (Å²) in [5.74, 6) is -1.04. The third-order valence-corrected chi connectivity index (χ3v) is 5.02. The minimum atomic E-state index is -0.748. The van der Waals surface area contributed by atoms with Crippen LogP contribution in [0.1, 0.15) is 64.2 Å². The molecule has 2 rings (SSSR count). The van der Waals surface area contributed by atoms with Crippen molar-refractivity contribution in [2.24, 2.45) is 5.92 Å². The van der Waals surface area contributed by atoms with Crippen LogP contribution in [-0.4, -0.2) is 41.6 Å². The minimum Gasteiger partial charge on any atom is -0.481 e. The Morgan fingerprint density at radius 3 is 2.08 bits per heavy atom. The van der Waals surface area contributed by atoms with E-state index in [-0.39, 0.29) is 30.3 Å². The first-order chi connectivity index (χ1) is 11.5. The summed E-state index contributed by atoms with van der Waals surface area (Å²) in [7, 11) is 0. The smallest absolute Gasteiger partial charge is 0.315 e. The Hall–Kier alpha value is -1.79. The van der Waals surface area contributed by atoms with Crippen LogP contribution in [0.3, 0.4) is 0 Å².